The van der Waals surface area contributed by atoms with Crippen LogP contribution in [-0.4, -0.2) is 39.1 Å². The first-order valence-corrected chi connectivity index (χ1v) is 9.26. The SMILES string of the molecule is Cc1ccc(-c2cc(NC(=O)CSC(=S)N3CCCC3)on2)cc1. The van der Waals surface area contributed by atoms with Crippen molar-refractivity contribution in [2.75, 3.05) is 24.2 Å². The Morgan fingerprint density at radius 2 is 2.04 bits per heavy atom. The van der Waals surface area contributed by atoms with E-state index in [9.17, 15) is 4.79 Å². The van der Waals surface area contributed by atoms with Gasteiger partial charge in [-0.25, -0.2) is 0 Å². The fourth-order valence-corrected chi connectivity index (χ4v) is 3.54. The summed E-state index contributed by atoms with van der Waals surface area (Å²) < 4.78 is 5.98. The van der Waals surface area contributed by atoms with Crippen LogP contribution >= 0.6 is 24.0 Å². The first-order valence-electron chi connectivity index (χ1n) is 7.87. The molecule has 3 rings (SSSR count). The lowest BCUT2D eigenvalue weighted by Gasteiger charge is -2.16. The number of aryl methyl sites for hydroxylation is 1. The number of aromatic nitrogens is 1. The molecule has 7 heteroatoms. The van der Waals surface area contributed by atoms with Crippen molar-refractivity contribution in [1.29, 1.82) is 0 Å². The van der Waals surface area contributed by atoms with E-state index in [0.717, 1.165) is 23.0 Å². The van der Waals surface area contributed by atoms with Crippen LogP contribution in [0.15, 0.2) is 34.9 Å². The van der Waals surface area contributed by atoms with Gasteiger partial charge in [-0.3, -0.25) is 10.1 Å². The van der Waals surface area contributed by atoms with E-state index >= 15 is 0 Å². The summed E-state index contributed by atoms with van der Waals surface area (Å²) in [5.74, 6) is 0.479. The highest BCUT2D eigenvalue weighted by Gasteiger charge is 2.17. The van der Waals surface area contributed by atoms with Crippen molar-refractivity contribution >= 4 is 40.1 Å². The Kier molecular flexibility index (Phi) is 5.52. The summed E-state index contributed by atoms with van der Waals surface area (Å²) in [7, 11) is 0. The molecule has 24 heavy (non-hydrogen) atoms. The van der Waals surface area contributed by atoms with Crippen molar-refractivity contribution in [3.8, 4) is 11.3 Å². The van der Waals surface area contributed by atoms with Crippen LogP contribution in [-0.2, 0) is 4.79 Å². The van der Waals surface area contributed by atoms with Gasteiger partial charge < -0.3 is 9.42 Å². The topological polar surface area (TPSA) is 58.4 Å². The lowest BCUT2D eigenvalue weighted by molar-refractivity contribution is -0.113. The summed E-state index contributed by atoms with van der Waals surface area (Å²) in [5, 5.41) is 6.72. The number of thioether (sulfide) groups is 1. The molecule has 0 atom stereocenters. The van der Waals surface area contributed by atoms with Gasteiger partial charge in [0.1, 0.15) is 10.0 Å². The molecule has 1 saturated heterocycles. The van der Waals surface area contributed by atoms with Gasteiger partial charge in [0.2, 0.25) is 11.8 Å². The van der Waals surface area contributed by atoms with Gasteiger partial charge in [-0.2, -0.15) is 0 Å². The van der Waals surface area contributed by atoms with Gasteiger partial charge in [0.25, 0.3) is 0 Å². The van der Waals surface area contributed by atoms with Gasteiger partial charge in [0.05, 0.1) is 5.75 Å². The molecule has 2 aromatic rings. The molecule has 0 saturated carbocycles. The molecule has 2 heterocycles. The number of hydrogen-bond acceptors (Lipinski definition) is 5. The van der Waals surface area contributed by atoms with Gasteiger partial charge in [0.15, 0.2) is 0 Å². The largest absolute Gasteiger partial charge is 0.358 e. The first-order chi connectivity index (χ1) is 11.6. The quantitative estimate of drug-likeness (QED) is 0.838. The summed E-state index contributed by atoms with van der Waals surface area (Å²) >= 11 is 6.74. The molecule has 0 spiro atoms. The molecule has 0 radical (unpaired) electrons. The van der Waals surface area contributed by atoms with Crippen LogP contribution in [0.2, 0.25) is 0 Å². The number of benzene rings is 1. The number of thiocarbonyl (C=S) groups is 1. The van der Waals surface area contributed by atoms with Crippen molar-refractivity contribution < 1.29 is 9.32 Å². The zero-order chi connectivity index (χ0) is 16.9. The van der Waals surface area contributed by atoms with Crippen molar-refractivity contribution in [3.05, 3.63) is 35.9 Å². The predicted octanol–water partition coefficient (Wildman–Crippen LogP) is 3.70. The van der Waals surface area contributed by atoms with E-state index in [2.05, 4.69) is 15.4 Å². The van der Waals surface area contributed by atoms with Gasteiger partial charge in [-0.15, -0.1) is 0 Å². The van der Waals surface area contributed by atoms with Crippen molar-refractivity contribution in [2.24, 2.45) is 0 Å². The van der Waals surface area contributed by atoms with Crippen LogP contribution in [0.5, 0.6) is 0 Å². The Morgan fingerprint density at radius 1 is 1.33 bits per heavy atom. The minimum atomic E-state index is -0.145. The third-order valence-electron chi connectivity index (χ3n) is 3.81. The van der Waals surface area contributed by atoms with E-state index in [1.54, 1.807) is 6.07 Å². The van der Waals surface area contributed by atoms with E-state index in [4.69, 9.17) is 16.7 Å². The fraction of sp³-hybridized carbons (Fsp3) is 0.353. The highest BCUT2D eigenvalue weighted by molar-refractivity contribution is 8.23. The maximum atomic E-state index is 12.0. The third-order valence-corrected chi connectivity index (χ3v) is 5.33. The van der Waals surface area contributed by atoms with E-state index in [0.29, 0.717) is 11.6 Å². The lowest BCUT2D eigenvalue weighted by Crippen LogP contribution is -2.25. The molecule has 0 bridgehead atoms. The number of nitrogens with one attached hydrogen (secondary N) is 1. The number of carbonyl (C=O) groups is 1. The molecule has 5 nitrogen and oxygen atoms in total. The molecule has 1 aromatic heterocycles. The van der Waals surface area contributed by atoms with Crippen molar-refractivity contribution in [1.82, 2.24) is 10.1 Å². The van der Waals surface area contributed by atoms with Crippen LogP contribution in [0.25, 0.3) is 11.3 Å². The highest BCUT2D eigenvalue weighted by Crippen LogP contribution is 2.22. The molecule has 1 aromatic carbocycles. The van der Waals surface area contributed by atoms with E-state index in [1.165, 1.54) is 30.2 Å². The highest BCUT2D eigenvalue weighted by atomic mass is 32.2. The molecule has 1 fully saturated rings. The molecule has 126 valence electrons. The van der Waals surface area contributed by atoms with Gasteiger partial charge in [0, 0.05) is 24.7 Å². The summed E-state index contributed by atoms with van der Waals surface area (Å²) in [5.41, 5.74) is 2.83. The summed E-state index contributed by atoms with van der Waals surface area (Å²) in [4.78, 5) is 14.2. The summed E-state index contributed by atoms with van der Waals surface area (Å²) in [6, 6.07) is 9.70. The van der Waals surface area contributed by atoms with Crippen LogP contribution < -0.4 is 5.32 Å². The maximum absolute atomic E-state index is 12.0. The van der Waals surface area contributed by atoms with E-state index in [-0.39, 0.29) is 11.7 Å². The second kappa shape index (κ2) is 7.81. The lowest BCUT2D eigenvalue weighted by atomic mass is 10.1. The second-order valence-corrected chi connectivity index (χ2v) is 7.35. The van der Waals surface area contributed by atoms with E-state index in [1.807, 2.05) is 31.2 Å². The fourth-order valence-electron chi connectivity index (χ4n) is 2.49. The number of carbonyl (C=O) groups excluding carboxylic acids is 1. The minimum absolute atomic E-state index is 0.145. The zero-order valence-corrected chi connectivity index (χ0v) is 15.1. The molecule has 1 amide bonds. The number of anilines is 1. The number of likely N-dealkylation sites (tertiary alicyclic amines) is 1. The number of hydrogen-bond donors (Lipinski definition) is 1. The molecule has 1 aliphatic rings. The number of rotatable bonds is 4. The van der Waals surface area contributed by atoms with Crippen LogP contribution in [0.4, 0.5) is 5.88 Å². The van der Waals surface area contributed by atoms with Crippen LogP contribution in [0, 0.1) is 6.92 Å². The van der Waals surface area contributed by atoms with Crippen molar-refractivity contribution in [2.45, 2.75) is 19.8 Å². The normalized spacial score (nSPS) is 14.0. The molecule has 1 N–H and O–H groups in total. The Balaban J connectivity index is 1.51. The van der Waals surface area contributed by atoms with Crippen molar-refractivity contribution in [3.63, 3.8) is 0 Å². The standard InChI is InChI=1S/C17H19N3O2S2/c1-12-4-6-13(7-5-12)14-10-16(22-19-14)18-15(21)11-24-17(23)20-8-2-3-9-20/h4-7,10H,2-3,8-9,11H2,1H3,(H,18,21). The molecule has 0 aliphatic carbocycles. The summed E-state index contributed by atoms with van der Waals surface area (Å²) in [6.45, 7) is 4.02. The maximum Gasteiger partial charge on any atom is 0.237 e. The Morgan fingerprint density at radius 3 is 2.75 bits per heavy atom. The van der Waals surface area contributed by atoms with Gasteiger partial charge >= 0.3 is 0 Å². The zero-order valence-electron chi connectivity index (χ0n) is 13.4. The summed E-state index contributed by atoms with van der Waals surface area (Å²) in [6.07, 6.45) is 2.35. The smallest absolute Gasteiger partial charge is 0.237 e. The predicted molar refractivity (Wildman–Crippen MR) is 101 cm³/mol. The third kappa shape index (κ3) is 4.36. The average Bonchev–Trinajstić information content (AvgIpc) is 3.25. The Labute approximate surface area is 150 Å². The second-order valence-electron chi connectivity index (χ2n) is 5.74. The molecule has 1 aliphatic heterocycles. The molecular formula is C17H19N3O2S2. The molecule has 0 unspecified atom stereocenters. The first kappa shape index (κ1) is 17.0. The Hall–Kier alpha value is -1.86. The monoisotopic (exact) mass is 361 g/mol. The minimum Gasteiger partial charge on any atom is -0.358 e. The average molecular weight is 361 g/mol. The van der Waals surface area contributed by atoms with E-state index < -0.39 is 0 Å². The Bertz CT molecular complexity index is 722. The number of amides is 1. The van der Waals surface area contributed by atoms with Gasteiger partial charge in [-0.1, -0.05) is 59.0 Å². The number of nitrogens with zero attached hydrogens (tertiary/aromatic N) is 2. The molecular weight excluding hydrogens is 342 g/mol. The van der Waals surface area contributed by atoms with Crippen LogP contribution in [0.1, 0.15) is 18.4 Å². The van der Waals surface area contributed by atoms with Gasteiger partial charge in [-0.05, 0) is 19.8 Å². The van der Waals surface area contributed by atoms with Crippen LogP contribution in [0.3, 0.4) is 0 Å².